The van der Waals surface area contributed by atoms with Gasteiger partial charge in [-0.2, -0.15) is 0 Å². The van der Waals surface area contributed by atoms with Crippen molar-refractivity contribution in [2.24, 2.45) is 11.8 Å². The normalized spacial score (nSPS) is 21.4. The van der Waals surface area contributed by atoms with E-state index >= 15 is 0 Å². The summed E-state index contributed by atoms with van der Waals surface area (Å²) in [6.45, 7) is 14.6. The molecule has 33 heavy (non-hydrogen) atoms. The number of rotatable bonds is 11. The first-order valence-corrected chi connectivity index (χ1v) is 13.4. The third-order valence-electron chi connectivity index (χ3n) is 7.37. The van der Waals surface area contributed by atoms with Gasteiger partial charge in [-0.3, -0.25) is 9.80 Å². The van der Waals surface area contributed by atoms with Crippen molar-refractivity contribution in [3.63, 3.8) is 0 Å². The minimum atomic E-state index is 0.687. The van der Waals surface area contributed by atoms with Crippen LogP contribution in [0.2, 0.25) is 0 Å². The van der Waals surface area contributed by atoms with Gasteiger partial charge in [0.25, 0.3) is 0 Å². The molecule has 4 rings (SSSR count). The maximum Gasteiger partial charge on any atom is 0.119 e. The van der Waals surface area contributed by atoms with E-state index in [1.165, 1.54) is 68.4 Å². The molecule has 2 aliphatic carbocycles. The highest BCUT2D eigenvalue weighted by atomic mass is 16.5. The number of hydrogen-bond donors (Lipinski definition) is 0. The van der Waals surface area contributed by atoms with Crippen LogP contribution in [0.1, 0.15) is 63.6 Å². The zero-order valence-corrected chi connectivity index (χ0v) is 21.7. The Bertz CT molecular complexity index is 821. The molecule has 182 valence electrons. The predicted molar refractivity (Wildman–Crippen MR) is 141 cm³/mol. The highest BCUT2D eigenvalue weighted by molar-refractivity contribution is 5.38. The lowest BCUT2D eigenvalue weighted by Gasteiger charge is -2.35. The lowest BCUT2D eigenvalue weighted by Crippen LogP contribution is -2.41. The molecule has 3 unspecified atom stereocenters. The molecule has 0 aromatic heterocycles. The van der Waals surface area contributed by atoms with E-state index in [0.29, 0.717) is 6.04 Å². The Balaban J connectivity index is 0.00000149. The van der Waals surface area contributed by atoms with Crippen LogP contribution in [0.15, 0.2) is 48.5 Å². The Morgan fingerprint density at radius 3 is 2.39 bits per heavy atom. The monoisotopic (exact) mass is 450 g/mol. The van der Waals surface area contributed by atoms with Crippen LogP contribution in [-0.4, -0.2) is 49.1 Å². The smallest absolute Gasteiger partial charge is 0.119 e. The van der Waals surface area contributed by atoms with Crippen LogP contribution in [-0.2, 0) is 19.4 Å². The summed E-state index contributed by atoms with van der Waals surface area (Å²) in [5, 5.41) is 0. The van der Waals surface area contributed by atoms with E-state index in [1.807, 2.05) is 13.8 Å². The van der Waals surface area contributed by atoms with Crippen molar-refractivity contribution in [2.75, 3.05) is 33.3 Å². The Morgan fingerprint density at radius 1 is 0.939 bits per heavy atom. The van der Waals surface area contributed by atoms with E-state index in [1.54, 1.807) is 7.11 Å². The molecule has 0 spiro atoms. The molecular formula is C30H46N2O. The third kappa shape index (κ3) is 7.32. The van der Waals surface area contributed by atoms with Crippen molar-refractivity contribution in [3.05, 3.63) is 65.2 Å². The molecule has 2 aromatic rings. The summed E-state index contributed by atoms with van der Waals surface area (Å²) >= 11 is 0. The number of aryl methyl sites for hydroxylation is 1. The molecule has 2 aromatic carbocycles. The van der Waals surface area contributed by atoms with Crippen LogP contribution in [0.3, 0.4) is 0 Å². The van der Waals surface area contributed by atoms with Gasteiger partial charge >= 0.3 is 0 Å². The zero-order chi connectivity index (χ0) is 23.6. The summed E-state index contributed by atoms with van der Waals surface area (Å²) in [6, 6.07) is 18.3. The van der Waals surface area contributed by atoms with Gasteiger partial charge in [0.05, 0.1) is 7.11 Å². The van der Waals surface area contributed by atoms with Crippen LogP contribution in [0.25, 0.3) is 0 Å². The van der Waals surface area contributed by atoms with Crippen LogP contribution in [0, 0.1) is 11.8 Å². The molecule has 1 fully saturated rings. The van der Waals surface area contributed by atoms with E-state index in [0.717, 1.165) is 30.7 Å². The highest BCUT2D eigenvalue weighted by Gasteiger charge is 2.40. The van der Waals surface area contributed by atoms with Gasteiger partial charge in [0.2, 0.25) is 0 Å². The summed E-state index contributed by atoms with van der Waals surface area (Å²) in [4.78, 5) is 5.45. The molecule has 0 N–H and O–H groups in total. The average Bonchev–Trinajstić information content (AvgIpc) is 3.61. The maximum absolute atomic E-state index is 5.48. The standard InChI is InChI=1S/C28H40N2O.C2H6/c1-4-15-30(27-13-11-23-12-14-28(31-3)18-24(23)17-27)21-26-16-25(26)20-29(5-2)19-22-9-7-6-8-10-22;1-2/h6-10,12,14,18,25-27H,4-5,11,13,15-17,19-21H2,1-3H3;1-2H3. The predicted octanol–water partition coefficient (Wildman–Crippen LogP) is 6.45. The Labute approximate surface area is 203 Å². The molecule has 3 nitrogen and oxygen atoms in total. The lowest BCUT2D eigenvalue weighted by atomic mass is 9.87. The van der Waals surface area contributed by atoms with Gasteiger partial charge in [-0.05, 0) is 85.9 Å². The third-order valence-corrected chi connectivity index (χ3v) is 7.37. The topological polar surface area (TPSA) is 15.7 Å². The van der Waals surface area contributed by atoms with E-state index in [-0.39, 0.29) is 0 Å². The fraction of sp³-hybridized carbons (Fsp3) is 0.600. The number of nitrogens with zero attached hydrogens (tertiary/aromatic N) is 2. The van der Waals surface area contributed by atoms with E-state index in [9.17, 15) is 0 Å². The molecule has 0 saturated heterocycles. The van der Waals surface area contributed by atoms with Crippen molar-refractivity contribution >= 4 is 0 Å². The quantitative estimate of drug-likeness (QED) is 0.391. The van der Waals surface area contributed by atoms with Crippen LogP contribution in [0.4, 0.5) is 0 Å². The van der Waals surface area contributed by atoms with Gasteiger partial charge in [0.15, 0.2) is 0 Å². The van der Waals surface area contributed by atoms with Gasteiger partial charge in [-0.15, -0.1) is 0 Å². The molecule has 0 amide bonds. The molecule has 0 aliphatic heterocycles. The minimum absolute atomic E-state index is 0.687. The number of methoxy groups -OCH3 is 1. The van der Waals surface area contributed by atoms with E-state index in [4.69, 9.17) is 4.74 Å². The van der Waals surface area contributed by atoms with E-state index in [2.05, 4.69) is 72.2 Å². The van der Waals surface area contributed by atoms with E-state index < -0.39 is 0 Å². The van der Waals surface area contributed by atoms with Crippen LogP contribution < -0.4 is 4.74 Å². The molecular weight excluding hydrogens is 404 g/mol. The summed E-state index contributed by atoms with van der Waals surface area (Å²) in [5.74, 6) is 2.75. The Hall–Kier alpha value is -1.84. The molecule has 0 bridgehead atoms. The van der Waals surface area contributed by atoms with Crippen molar-refractivity contribution < 1.29 is 4.74 Å². The van der Waals surface area contributed by atoms with Gasteiger partial charge in [-0.1, -0.05) is 64.1 Å². The number of fused-ring (bicyclic) bond motifs is 1. The fourth-order valence-corrected chi connectivity index (χ4v) is 5.40. The second-order valence-corrected chi connectivity index (χ2v) is 9.60. The maximum atomic E-state index is 5.48. The molecule has 0 radical (unpaired) electrons. The molecule has 3 atom stereocenters. The second kappa shape index (κ2) is 13.2. The van der Waals surface area contributed by atoms with Crippen molar-refractivity contribution in [1.82, 2.24) is 9.80 Å². The van der Waals surface area contributed by atoms with Crippen molar-refractivity contribution in [3.8, 4) is 5.75 Å². The largest absolute Gasteiger partial charge is 0.497 e. The lowest BCUT2D eigenvalue weighted by molar-refractivity contribution is 0.165. The van der Waals surface area contributed by atoms with Crippen molar-refractivity contribution in [2.45, 2.75) is 72.4 Å². The Morgan fingerprint density at radius 2 is 1.70 bits per heavy atom. The zero-order valence-electron chi connectivity index (χ0n) is 21.7. The number of hydrogen-bond acceptors (Lipinski definition) is 3. The fourth-order valence-electron chi connectivity index (χ4n) is 5.40. The molecule has 1 saturated carbocycles. The van der Waals surface area contributed by atoms with Gasteiger partial charge in [-0.25, -0.2) is 0 Å². The summed E-state index contributed by atoms with van der Waals surface area (Å²) in [5.41, 5.74) is 4.46. The van der Waals surface area contributed by atoms with Gasteiger partial charge in [0, 0.05) is 25.7 Å². The number of benzene rings is 2. The van der Waals surface area contributed by atoms with Crippen LogP contribution in [0.5, 0.6) is 5.75 Å². The molecule has 0 heterocycles. The summed E-state index contributed by atoms with van der Waals surface area (Å²) in [6.07, 6.45) is 6.33. The molecule has 3 heteroatoms. The first kappa shape index (κ1) is 25.8. The SMILES string of the molecule is CC.CCCN(CC1CC1CN(CC)Cc1ccccc1)C1CCc2ccc(OC)cc2C1. The van der Waals surface area contributed by atoms with Gasteiger partial charge < -0.3 is 4.74 Å². The minimum Gasteiger partial charge on any atom is -0.497 e. The number of ether oxygens (including phenoxy) is 1. The van der Waals surface area contributed by atoms with Gasteiger partial charge in [0.1, 0.15) is 5.75 Å². The Kier molecular flexibility index (Phi) is 10.3. The summed E-state index contributed by atoms with van der Waals surface area (Å²) < 4.78 is 5.48. The first-order valence-electron chi connectivity index (χ1n) is 13.4. The van der Waals surface area contributed by atoms with Crippen molar-refractivity contribution in [1.29, 1.82) is 0 Å². The molecule has 2 aliphatic rings. The summed E-state index contributed by atoms with van der Waals surface area (Å²) in [7, 11) is 1.77. The first-order chi connectivity index (χ1) is 16.2. The second-order valence-electron chi connectivity index (χ2n) is 9.60. The van der Waals surface area contributed by atoms with Crippen LogP contribution >= 0.6 is 0 Å². The average molecular weight is 451 g/mol. The highest BCUT2D eigenvalue weighted by Crippen LogP contribution is 2.41.